The van der Waals surface area contributed by atoms with Gasteiger partial charge < -0.3 is 9.47 Å². The maximum absolute atomic E-state index is 12.8. The van der Waals surface area contributed by atoms with E-state index >= 15 is 0 Å². The van der Waals surface area contributed by atoms with Crippen LogP contribution in [0.4, 0.5) is 13.2 Å². The maximum Gasteiger partial charge on any atom is 0.416 e. The van der Waals surface area contributed by atoms with Gasteiger partial charge in [-0.25, -0.2) is 0 Å². The van der Waals surface area contributed by atoms with Crippen LogP contribution >= 0.6 is 22.9 Å². The van der Waals surface area contributed by atoms with E-state index in [1.54, 1.807) is 42.5 Å². The molecule has 0 saturated heterocycles. The zero-order valence-electron chi connectivity index (χ0n) is 15.7. The Balaban J connectivity index is 1.70. The maximum atomic E-state index is 12.8. The summed E-state index contributed by atoms with van der Waals surface area (Å²) in [6, 6.07) is 13.3. The van der Waals surface area contributed by atoms with Crippen molar-refractivity contribution in [3.8, 4) is 11.5 Å². The second-order valence-electron chi connectivity index (χ2n) is 6.20. The zero-order valence-corrected chi connectivity index (χ0v) is 17.3. The molecule has 1 aromatic heterocycles. The highest BCUT2D eigenvalue weighted by Gasteiger charge is 2.30. The number of carbonyl (C=O) groups excluding carboxylic acids is 1. The fourth-order valence-electron chi connectivity index (χ4n) is 2.61. The van der Waals surface area contributed by atoms with Crippen molar-refractivity contribution < 1.29 is 27.4 Å². The SMILES string of the molecule is COc1cc(C=CC(=O)c2ccc(Cl)s2)ccc1OCc1cccc(C(F)(F)F)c1. The molecule has 0 spiro atoms. The summed E-state index contributed by atoms with van der Waals surface area (Å²) in [4.78, 5) is 12.7. The minimum absolute atomic E-state index is 0.0485. The Morgan fingerprint density at radius 1 is 1.10 bits per heavy atom. The Bertz CT molecular complexity index is 1070. The lowest BCUT2D eigenvalue weighted by molar-refractivity contribution is -0.137. The molecule has 0 atom stereocenters. The van der Waals surface area contributed by atoms with Crippen LogP contribution in [0.25, 0.3) is 6.08 Å². The van der Waals surface area contributed by atoms with E-state index in [0.29, 0.717) is 31.8 Å². The average molecular weight is 453 g/mol. The summed E-state index contributed by atoms with van der Waals surface area (Å²) in [6.07, 6.45) is -1.34. The van der Waals surface area contributed by atoms with Crippen molar-refractivity contribution in [2.45, 2.75) is 12.8 Å². The number of benzene rings is 2. The summed E-state index contributed by atoms with van der Waals surface area (Å²) in [5, 5.41) is 0. The highest BCUT2D eigenvalue weighted by atomic mass is 35.5. The van der Waals surface area contributed by atoms with Gasteiger partial charge in [0.15, 0.2) is 17.3 Å². The predicted octanol–water partition coefficient (Wildman–Crippen LogP) is 6.90. The topological polar surface area (TPSA) is 35.5 Å². The Morgan fingerprint density at radius 2 is 1.90 bits per heavy atom. The number of carbonyl (C=O) groups is 1. The van der Waals surface area contributed by atoms with Crippen LogP contribution in [0.15, 0.2) is 60.7 Å². The molecule has 2 aromatic carbocycles. The fraction of sp³-hybridized carbons (Fsp3) is 0.136. The largest absolute Gasteiger partial charge is 0.493 e. The summed E-state index contributed by atoms with van der Waals surface area (Å²) in [6.45, 7) is -0.0485. The van der Waals surface area contributed by atoms with E-state index in [9.17, 15) is 18.0 Å². The molecule has 0 amide bonds. The van der Waals surface area contributed by atoms with Crippen LogP contribution in [0.5, 0.6) is 11.5 Å². The molecule has 0 aliphatic rings. The Hall–Kier alpha value is -2.77. The molecule has 0 aliphatic carbocycles. The van der Waals surface area contributed by atoms with Gasteiger partial charge in [0.2, 0.25) is 0 Å². The van der Waals surface area contributed by atoms with Gasteiger partial charge >= 0.3 is 6.18 Å². The molecule has 0 fully saturated rings. The lowest BCUT2D eigenvalue weighted by Crippen LogP contribution is -2.06. The molecular formula is C22H16ClF3O3S. The number of halogens is 4. The van der Waals surface area contributed by atoms with Crippen molar-refractivity contribution in [1.82, 2.24) is 0 Å². The number of methoxy groups -OCH3 is 1. The van der Waals surface area contributed by atoms with Crippen LogP contribution in [0.2, 0.25) is 4.34 Å². The van der Waals surface area contributed by atoms with Gasteiger partial charge in [0.1, 0.15) is 6.61 Å². The fourth-order valence-corrected chi connectivity index (χ4v) is 3.57. The zero-order chi connectivity index (χ0) is 21.7. The summed E-state index contributed by atoms with van der Waals surface area (Å²) in [5.41, 5.74) is 0.359. The first kappa shape index (κ1) is 21.9. The smallest absolute Gasteiger partial charge is 0.416 e. The Kier molecular flexibility index (Phi) is 6.84. The molecule has 3 nitrogen and oxygen atoms in total. The lowest BCUT2D eigenvalue weighted by atomic mass is 10.1. The van der Waals surface area contributed by atoms with Gasteiger partial charge in [-0.1, -0.05) is 35.9 Å². The summed E-state index contributed by atoms with van der Waals surface area (Å²) in [5.74, 6) is 0.606. The van der Waals surface area contributed by atoms with Gasteiger partial charge in [0, 0.05) is 0 Å². The lowest BCUT2D eigenvalue weighted by Gasteiger charge is -2.13. The summed E-state index contributed by atoms with van der Waals surface area (Å²) in [7, 11) is 1.46. The third-order valence-electron chi connectivity index (χ3n) is 4.08. The van der Waals surface area contributed by atoms with Crippen LogP contribution in [0.1, 0.15) is 26.4 Å². The molecular weight excluding hydrogens is 437 g/mol. The van der Waals surface area contributed by atoms with Crippen molar-refractivity contribution in [1.29, 1.82) is 0 Å². The molecule has 30 heavy (non-hydrogen) atoms. The van der Waals surface area contributed by atoms with Crippen LogP contribution in [-0.2, 0) is 12.8 Å². The van der Waals surface area contributed by atoms with Gasteiger partial charge in [-0.15, -0.1) is 11.3 Å². The van der Waals surface area contributed by atoms with Gasteiger partial charge in [0.25, 0.3) is 0 Å². The molecule has 3 rings (SSSR count). The van der Waals surface area contributed by atoms with Crippen LogP contribution in [-0.4, -0.2) is 12.9 Å². The molecule has 0 aliphatic heterocycles. The summed E-state index contributed by atoms with van der Waals surface area (Å²) >= 11 is 7.04. The second-order valence-corrected chi connectivity index (χ2v) is 7.91. The van der Waals surface area contributed by atoms with Crippen molar-refractivity contribution in [3.05, 3.63) is 86.6 Å². The molecule has 3 aromatic rings. The molecule has 1 heterocycles. The number of allylic oxidation sites excluding steroid dienone is 1. The normalized spacial score (nSPS) is 11.6. The Morgan fingerprint density at radius 3 is 2.57 bits per heavy atom. The van der Waals surface area contributed by atoms with Gasteiger partial charge in [-0.2, -0.15) is 13.2 Å². The first-order chi connectivity index (χ1) is 14.3. The first-order valence-electron chi connectivity index (χ1n) is 8.71. The molecule has 156 valence electrons. The van der Waals surface area contributed by atoms with Crippen LogP contribution in [0.3, 0.4) is 0 Å². The van der Waals surface area contributed by atoms with Gasteiger partial charge in [0.05, 0.1) is 21.9 Å². The van der Waals surface area contributed by atoms with Crippen molar-refractivity contribution in [3.63, 3.8) is 0 Å². The predicted molar refractivity (Wildman–Crippen MR) is 111 cm³/mol. The number of alkyl halides is 3. The van der Waals surface area contributed by atoms with Crippen molar-refractivity contribution in [2.24, 2.45) is 0 Å². The van der Waals surface area contributed by atoms with Gasteiger partial charge in [-0.05, 0) is 53.6 Å². The first-order valence-corrected chi connectivity index (χ1v) is 9.90. The highest BCUT2D eigenvalue weighted by molar-refractivity contribution is 7.18. The average Bonchev–Trinajstić information content (AvgIpc) is 3.16. The number of thiophene rings is 1. The third-order valence-corrected chi connectivity index (χ3v) is 5.33. The van der Waals surface area contributed by atoms with E-state index in [-0.39, 0.29) is 12.4 Å². The number of hydrogen-bond donors (Lipinski definition) is 0. The quantitative estimate of drug-likeness (QED) is 0.289. The van der Waals surface area contributed by atoms with E-state index in [1.807, 2.05) is 0 Å². The van der Waals surface area contributed by atoms with Crippen molar-refractivity contribution in [2.75, 3.05) is 7.11 Å². The number of rotatable bonds is 7. The van der Waals surface area contributed by atoms with E-state index in [1.165, 1.54) is 30.6 Å². The van der Waals surface area contributed by atoms with E-state index in [2.05, 4.69) is 0 Å². The number of ether oxygens (including phenoxy) is 2. The standard InChI is InChI=1S/C22H16ClF3O3S/c1-28-19-12-14(5-7-17(27)20-9-10-21(23)30-20)6-8-18(19)29-13-15-3-2-4-16(11-15)22(24,25)26/h2-12H,13H2,1H3. The molecule has 0 bridgehead atoms. The molecule has 0 unspecified atom stereocenters. The molecule has 0 radical (unpaired) electrons. The number of ketones is 1. The van der Waals surface area contributed by atoms with E-state index in [0.717, 1.165) is 12.1 Å². The second kappa shape index (κ2) is 9.36. The third kappa shape index (κ3) is 5.64. The monoisotopic (exact) mass is 452 g/mol. The summed E-state index contributed by atoms with van der Waals surface area (Å²) < 4.78 is 50.0. The van der Waals surface area contributed by atoms with Crippen LogP contribution < -0.4 is 9.47 Å². The minimum atomic E-state index is -4.41. The van der Waals surface area contributed by atoms with E-state index in [4.69, 9.17) is 21.1 Å². The molecule has 8 heteroatoms. The van der Waals surface area contributed by atoms with E-state index < -0.39 is 11.7 Å². The van der Waals surface area contributed by atoms with Crippen LogP contribution in [0, 0.1) is 0 Å². The van der Waals surface area contributed by atoms with Crippen molar-refractivity contribution >= 4 is 34.8 Å². The number of hydrogen-bond acceptors (Lipinski definition) is 4. The minimum Gasteiger partial charge on any atom is -0.493 e. The molecule has 0 saturated carbocycles. The highest BCUT2D eigenvalue weighted by Crippen LogP contribution is 2.32. The van der Waals surface area contributed by atoms with Gasteiger partial charge in [-0.3, -0.25) is 4.79 Å². The Labute approximate surface area is 180 Å². The molecule has 0 N–H and O–H groups in total.